The van der Waals surface area contributed by atoms with E-state index in [1.807, 2.05) is 0 Å². The lowest BCUT2D eigenvalue weighted by atomic mass is 10.1. The molecule has 1 aromatic heterocycles. The summed E-state index contributed by atoms with van der Waals surface area (Å²) in [5.41, 5.74) is 6.38. The van der Waals surface area contributed by atoms with E-state index in [4.69, 9.17) is 5.73 Å². The number of nitrogens with zero attached hydrogens (tertiary/aromatic N) is 4. The van der Waals surface area contributed by atoms with E-state index in [0.29, 0.717) is 18.3 Å². The van der Waals surface area contributed by atoms with Crippen molar-refractivity contribution >= 4 is 5.78 Å². The van der Waals surface area contributed by atoms with Crippen LogP contribution in [0.2, 0.25) is 0 Å². The molecule has 1 aliphatic heterocycles. The maximum Gasteiger partial charge on any atom is 0.196 e. The lowest BCUT2D eigenvalue weighted by molar-refractivity contribution is 0.0900. The Labute approximate surface area is 94.4 Å². The summed E-state index contributed by atoms with van der Waals surface area (Å²) in [5, 5.41) is 7.45. The van der Waals surface area contributed by atoms with E-state index >= 15 is 0 Å². The summed E-state index contributed by atoms with van der Waals surface area (Å²) in [6, 6.07) is 0.296. The van der Waals surface area contributed by atoms with Gasteiger partial charge in [-0.1, -0.05) is 5.21 Å². The first-order valence-electron chi connectivity index (χ1n) is 5.52. The second-order valence-corrected chi connectivity index (χ2v) is 4.28. The fourth-order valence-electron chi connectivity index (χ4n) is 1.94. The number of hydrogen-bond acceptors (Lipinski definition) is 5. The molecule has 1 aromatic rings. The molecule has 16 heavy (non-hydrogen) atoms. The van der Waals surface area contributed by atoms with Crippen molar-refractivity contribution in [3.63, 3.8) is 0 Å². The van der Waals surface area contributed by atoms with Crippen LogP contribution < -0.4 is 5.73 Å². The molecule has 1 fully saturated rings. The van der Waals surface area contributed by atoms with Gasteiger partial charge in [-0.25, -0.2) is 4.68 Å². The molecule has 0 bridgehead atoms. The largest absolute Gasteiger partial charge is 0.328 e. The Kier molecular flexibility index (Phi) is 3.31. The van der Waals surface area contributed by atoms with E-state index in [1.54, 1.807) is 7.05 Å². The average Bonchev–Trinajstić information content (AvgIpc) is 2.68. The maximum absolute atomic E-state index is 11.9. The first kappa shape index (κ1) is 11.2. The summed E-state index contributed by atoms with van der Waals surface area (Å²) in [4.78, 5) is 14.0. The molecule has 2 rings (SSSR count). The number of aryl methyl sites for hydroxylation is 1. The summed E-state index contributed by atoms with van der Waals surface area (Å²) >= 11 is 0. The quantitative estimate of drug-likeness (QED) is 0.694. The molecule has 0 amide bonds. The number of likely N-dealkylation sites (tertiary alicyclic amines) is 1. The van der Waals surface area contributed by atoms with Crippen molar-refractivity contribution in [2.75, 3.05) is 19.6 Å². The van der Waals surface area contributed by atoms with E-state index in [2.05, 4.69) is 15.2 Å². The Morgan fingerprint density at radius 2 is 2.25 bits per heavy atom. The monoisotopic (exact) mass is 223 g/mol. The highest BCUT2D eigenvalue weighted by Gasteiger charge is 2.20. The lowest BCUT2D eigenvalue weighted by Crippen LogP contribution is -2.42. The van der Waals surface area contributed by atoms with Gasteiger partial charge in [0.1, 0.15) is 5.69 Å². The van der Waals surface area contributed by atoms with Gasteiger partial charge in [-0.2, -0.15) is 0 Å². The number of aromatic nitrogens is 3. The molecule has 6 heteroatoms. The van der Waals surface area contributed by atoms with E-state index in [1.165, 1.54) is 10.9 Å². The molecule has 0 spiro atoms. The average molecular weight is 223 g/mol. The highest BCUT2D eigenvalue weighted by atomic mass is 16.1. The van der Waals surface area contributed by atoms with Crippen LogP contribution in [0.25, 0.3) is 0 Å². The zero-order valence-corrected chi connectivity index (χ0v) is 9.46. The van der Waals surface area contributed by atoms with Crippen molar-refractivity contribution < 1.29 is 4.79 Å². The van der Waals surface area contributed by atoms with Crippen molar-refractivity contribution in [2.45, 2.75) is 18.9 Å². The van der Waals surface area contributed by atoms with Crippen molar-refractivity contribution in [1.82, 2.24) is 19.9 Å². The smallest absolute Gasteiger partial charge is 0.196 e. The second kappa shape index (κ2) is 4.71. The van der Waals surface area contributed by atoms with Crippen LogP contribution in [0.15, 0.2) is 6.20 Å². The Balaban J connectivity index is 1.91. The number of hydrogen-bond donors (Lipinski definition) is 1. The number of carbonyl (C=O) groups excluding carboxylic acids is 1. The van der Waals surface area contributed by atoms with Crippen LogP contribution in [0, 0.1) is 0 Å². The highest BCUT2D eigenvalue weighted by molar-refractivity contribution is 5.95. The first-order chi connectivity index (χ1) is 7.66. The van der Waals surface area contributed by atoms with Crippen LogP contribution in [0.1, 0.15) is 23.3 Å². The predicted octanol–water partition coefficient (Wildman–Crippen LogP) is -0.579. The Hall–Kier alpha value is -1.27. The van der Waals surface area contributed by atoms with Gasteiger partial charge in [0.05, 0.1) is 12.7 Å². The zero-order chi connectivity index (χ0) is 11.5. The van der Waals surface area contributed by atoms with Gasteiger partial charge in [-0.05, 0) is 12.8 Å². The van der Waals surface area contributed by atoms with Gasteiger partial charge in [0, 0.05) is 26.2 Å². The first-order valence-corrected chi connectivity index (χ1v) is 5.52. The number of Topliss-reactive ketones (excluding diaryl/α,β-unsaturated/α-hetero) is 1. The molecule has 0 radical (unpaired) electrons. The standard InChI is InChI=1S/C10H17N5O/c1-14-9(6-12-13-14)10(16)7-15-4-2-8(11)3-5-15/h6,8H,2-5,7,11H2,1H3. The third kappa shape index (κ3) is 2.45. The number of piperidine rings is 1. The van der Waals surface area contributed by atoms with Crippen molar-refractivity contribution in [1.29, 1.82) is 0 Å². The van der Waals surface area contributed by atoms with Crippen LogP contribution in [-0.2, 0) is 7.05 Å². The molecular weight excluding hydrogens is 206 g/mol. The minimum atomic E-state index is 0.0722. The van der Waals surface area contributed by atoms with Crippen molar-refractivity contribution in [2.24, 2.45) is 12.8 Å². The molecule has 2 N–H and O–H groups in total. The van der Waals surface area contributed by atoms with Gasteiger partial charge >= 0.3 is 0 Å². The molecular formula is C10H17N5O. The third-order valence-corrected chi connectivity index (χ3v) is 3.00. The molecule has 2 heterocycles. The topological polar surface area (TPSA) is 77.0 Å². The fourth-order valence-corrected chi connectivity index (χ4v) is 1.94. The number of rotatable bonds is 3. The van der Waals surface area contributed by atoms with E-state index in [-0.39, 0.29) is 5.78 Å². The van der Waals surface area contributed by atoms with Crippen molar-refractivity contribution in [3.05, 3.63) is 11.9 Å². The molecule has 88 valence electrons. The summed E-state index contributed by atoms with van der Waals surface area (Å²) < 4.78 is 1.51. The number of carbonyl (C=O) groups is 1. The van der Waals surface area contributed by atoms with Crippen LogP contribution in [0.3, 0.4) is 0 Å². The zero-order valence-electron chi connectivity index (χ0n) is 9.46. The Morgan fingerprint density at radius 1 is 1.56 bits per heavy atom. The highest BCUT2D eigenvalue weighted by Crippen LogP contribution is 2.09. The summed E-state index contributed by atoms with van der Waals surface area (Å²) in [5.74, 6) is 0.0722. The molecule has 0 atom stereocenters. The van der Waals surface area contributed by atoms with Gasteiger partial charge in [0.15, 0.2) is 5.78 Å². The normalized spacial score (nSPS) is 18.9. The molecule has 0 aliphatic carbocycles. The number of nitrogens with two attached hydrogens (primary N) is 1. The third-order valence-electron chi connectivity index (χ3n) is 3.00. The lowest BCUT2D eigenvalue weighted by Gasteiger charge is -2.29. The molecule has 0 saturated carbocycles. The van der Waals surface area contributed by atoms with Crippen LogP contribution in [-0.4, -0.2) is 51.4 Å². The molecule has 0 unspecified atom stereocenters. The van der Waals surface area contributed by atoms with Crippen LogP contribution in [0.4, 0.5) is 0 Å². The minimum absolute atomic E-state index is 0.0722. The van der Waals surface area contributed by atoms with Crippen LogP contribution in [0.5, 0.6) is 0 Å². The second-order valence-electron chi connectivity index (χ2n) is 4.28. The van der Waals surface area contributed by atoms with Gasteiger partial charge in [-0.3, -0.25) is 9.69 Å². The van der Waals surface area contributed by atoms with Gasteiger partial charge < -0.3 is 5.73 Å². The van der Waals surface area contributed by atoms with Crippen LogP contribution >= 0.6 is 0 Å². The summed E-state index contributed by atoms with van der Waals surface area (Å²) in [6.45, 7) is 2.24. The SMILES string of the molecule is Cn1nncc1C(=O)CN1CCC(N)CC1. The summed E-state index contributed by atoms with van der Waals surface area (Å²) in [6.07, 6.45) is 3.45. The van der Waals surface area contributed by atoms with E-state index < -0.39 is 0 Å². The minimum Gasteiger partial charge on any atom is -0.328 e. The van der Waals surface area contributed by atoms with Gasteiger partial charge in [0.2, 0.25) is 0 Å². The molecule has 6 nitrogen and oxygen atoms in total. The fraction of sp³-hybridized carbons (Fsp3) is 0.700. The molecule has 0 aromatic carbocycles. The molecule has 1 saturated heterocycles. The Bertz CT molecular complexity index is 367. The summed E-state index contributed by atoms with van der Waals surface area (Å²) in [7, 11) is 1.73. The van der Waals surface area contributed by atoms with Gasteiger partial charge in [-0.15, -0.1) is 5.10 Å². The number of ketones is 1. The predicted molar refractivity (Wildman–Crippen MR) is 59.0 cm³/mol. The van der Waals surface area contributed by atoms with Gasteiger partial charge in [0.25, 0.3) is 0 Å². The van der Waals surface area contributed by atoms with E-state index in [9.17, 15) is 4.79 Å². The maximum atomic E-state index is 11.9. The van der Waals surface area contributed by atoms with Crippen molar-refractivity contribution in [3.8, 4) is 0 Å². The Morgan fingerprint density at radius 3 is 2.81 bits per heavy atom. The van der Waals surface area contributed by atoms with E-state index in [0.717, 1.165) is 25.9 Å². The molecule has 1 aliphatic rings.